The number of methoxy groups -OCH3 is 1. The number of carbonyl (C=O) groups is 5. The minimum atomic E-state index is -1.78. The van der Waals surface area contributed by atoms with Crippen molar-refractivity contribution in [2.24, 2.45) is 0 Å². The second kappa shape index (κ2) is 11.9. The molecule has 0 bridgehead atoms. The van der Waals surface area contributed by atoms with Crippen molar-refractivity contribution in [3.8, 4) is 17.6 Å². The van der Waals surface area contributed by atoms with Crippen LogP contribution in [0.5, 0.6) is 5.75 Å². The van der Waals surface area contributed by atoms with Crippen LogP contribution in [0.15, 0.2) is 36.4 Å². The molecule has 4 aliphatic rings. The van der Waals surface area contributed by atoms with Gasteiger partial charge in [0.2, 0.25) is 17.4 Å². The fourth-order valence-corrected chi connectivity index (χ4v) is 6.32. The number of rotatable bonds is 6. The maximum Gasteiger partial charge on any atom is 0.323 e. The van der Waals surface area contributed by atoms with Crippen LogP contribution < -0.4 is 20.3 Å². The number of amides is 6. The molecule has 6 rings (SSSR count). The number of ether oxygens (including phenoxy) is 1. The second-order valence-electron chi connectivity index (χ2n) is 11.5. The molecule has 0 aromatic heterocycles. The molecule has 12 nitrogen and oxygen atoms in total. The van der Waals surface area contributed by atoms with Crippen LogP contribution in [0, 0.1) is 17.7 Å². The molecule has 3 saturated heterocycles. The van der Waals surface area contributed by atoms with E-state index in [4.69, 9.17) is 4.74 Å². The largest absolute Gasteiger partial charge is 0.494 e. The Hall–Kier alpha value is -4.96. The van der Waals surface area contributed by atoms with Gasteiger partial charge in [-0.05, 0) is 48.9 Å². The predicted octanol–water partition coefficient (Wildman–Crippen LogP) is 1.08. The summed E-state index contributed by atoms with van der Waals surface area (Å²) >= 11 is 0. The van der Waals surface area contributed by atoms with Gasteiger partial charge in [-0.2, -0.15) is 0 Å². The summed E-state index contributed by atoms with van der Waals surface area (Å²) in [6.07, 6.45) is 0.723. The number of imide groups is 1. The predicted molar refractivity (Wildman–Crippen MR) is 160 cm³/mol. The Morgan fingerprint density at radius 2 is 1.80 bits per heavy atom. The molecule has 13 heteroatoms. The zero-order valence-corrected chi connectivity index (χ0v) is 25.0. The van der Waals surface area contributed by atoms with Crippen molar-refractivity contribution in [2.45, 2.75) is 37.9 Å². The maximum atomic E-state index is 14.9. The highest BCUT2D eigenvalue weighted by molar-refractivity contribution is 6.10. The summed E-state index contributed by atoms with van der Waals surface area (Å²) in [4.78, 5) is 71.5. The van der Waals surface area contributed by atoms with Gasteiger partial charge in [0.1, 0.15) is 6.04 Å². The molecule has 4 aliphatic heterocycles. The van der Waals surface area contributed by atoms with E-state index in [-0.39, 0.29) is 42.6 Å². The van der Waals surface area contributed by atoms with Crippen molar-refractivity contribution in [3.63, 3.8) is 0 Å². The molecule has 2 atom stereocenters. The lowest BCUT2D eigenvalue weighted by Gasteiger charge is -2.36. The fraction of sp³-hybridized carbons (Fsp3) is 0.406. The van der Waals surface area contributed by atoms with E-state index in [2.05, 4.69) is 34.3 Å². The molecule has 4 heterocycles. The molecule has 1 unspecified atom stereocenters. The smallest absolute Gasteiger partial charge is 0.323 e. The van der Waals surface area contributed by atoms with Crippen molar-refractivity contribution >= 4 is 35.3 Å². The number of carbonyl (C=O) groups excluding carboxylic acids is 5. The van der Waals surface area contributed by atoms with Crippen LogP contribution in [0.2, 0.25) is 0 Å². The van der Waals surface area contributed by atoms with E-state index in [0.29, 0.717) is 36.3 Å². The van der Waals surface area contributed by atoms with Crippen molar-refractivity contribution in [1.29, 1.82) is 0 Å². The molecular weight excluding hydrogens is 583 g/mol. The number of anilines is 1. The van der Waals surface area contributed by atoms with Gasteiger partial charge in [-0.1, -0.05) is 24.8 Å². The van der Waals surface area contributed by atoms with Gasteiger partial charge >= 0.3 is 6.03 Å². The highest BCUT2D eigenvalue weighted by atomic mass is 19.1. The number of benzene rings is 2. The summed E-state index contributed by atoms with van der Waals surface area (Å²) < 4.78 is 19.9. The summed E-state index contributed by atoms with van der Waals surface area (Å²) in [5.74, 6) is 3.30. The number of piperazine rings is 1. The van der Waals surface area contributed by atoms with Crippen LogP contribution in [0.25, 0.3) is 0 Å². The Kier molecular flexibility index (Phi) is 7.92. The first kappa shape index (κ1) is 30.1. The van der Waals surface area contributed by atoms with Crippen molar-refractivity contribution < 1.29 is 33.1 Å². The first-order valence-electron chi connectivity index (χ1n) is 14.9. The highest BCUT2D eigenvalue weighted by Gasteiger charge is 2.49. The highest BCUT2D eigenvalue weighted by Crippen LogP contribution is 2.32. The third-order valence-electron chi connectivity index (χ3n) is 8.84. The molecule has 3 fully saturated rings. The standard InChI is InChI=1S/C32H33FN6O6/c1-3-36-14-16-37(17-15-36)28(41)23-9-11-25(40)39(23)22-7-4-20(5-8-22)12-13-32(30(43)34-31(44)35-32)19-38-18-21-6-10-24(45-2)27(33)26(21)29(38)42/h4-8,10,23H,3,9,11,14-19H2,1-2H3,(H2,34,35,43,44)/t23?,32-/m1/s1. The molecule has 0 aliphatic carbocycles. The third kappa shape index (κ3) is 5.46. The summed E-state index contributed by atoms with van der Waals surface area (Å²) in [5, 5.41) is 4.71. The van der Waals surface area contributed by atoms with Gasteiger partial charge in [0.25, 0.3) is 11.8 Å². The van der Waals surface area contributed by atoms with Crippen LogP contribution >= 0.6 is 0 Å². The average Bonchev–Trinajstić information content (AvgIpc) is 3.68. The molecular formula is C32H33FN6O6. The lowest BCUT2D eigenvalue weighted by atomic mass is 9.99. The van der Waals surface area contributed by atoms with Crippen LogP contribution in [0.1, 0.15) is 41.3 Å². The van der Waals surface area contributed by atoms with Crippen LogP contribution in [-0.4, -0.2) is 102 Å². The van der Waals surface area contributed by atoms with Crippen molar-refractivity contribution in [2.75, 3.05) is 51.3 Å². The van der Waals surface area contributed by atoms with Crippen LogP contribution in [0.4, 0.5) is 14.9 Å². The van der Waals surface area contributed by atoms with Crippen molar-refractivity contribution in [1.82, 2.24) is 25.3 Å². The minimum Gasteiger partial charge on any atom is -0.494 e. The summed E-state index contributed by atoms with van der Waals surface area (Å²) in [6, 6.07) is 8.38. The first-order chi connectivity index (χ1) is 21.6. The van der Waals surface area contributed by atoms with Gasteiger partial charge in [-0.25, -0.2) is 9.18 Å². The molecule has 2 N–H and O–H groups in total. The topological polar surface area (TPSA) is 132 Å². The number of nitrogens with zero attached hydrogens (tertiary/aromatic N) is 4. The zero-order valence-electron chi connectivity index (χ0n) is 25.0. The average molecular weight is 617 g/mol. The molecule has 234 valence electrons. The van der Waals surface area contributed by atoms with Crippen molar-refractivity contribution in [3.05, 3.63) is 58.9 Å². The van der Waals surface area contributed by atoms with E-state index < -0.39 is 35.2 Å². The van der Waals surface area contributed by atoms with Gasteiger partial charge in [0, 0.05) is 50.4 Å². The second-order valence-corrected chi connectivity index (χ2v) is 11.5. The first-order valence-corrected chi connectivity index (χ1v) is 14.9. The van der Waals surface area contributed by atoms with Gasteiger partial charge in [0.15, 0.2) is 11.6 Å². The number of halogens is 1. The fourth-order valence-electron chi connectivity index (χ4n) is 6.32. The number of urea groups is 1. The number of hydrogen-bond donors (Lipinski definition) is 2. The molecule has 6 amide bonds. The maximum absolute atomic E-state index is 14.9. The number of hydrogen-bond acceptors (Lipinski definition) is 7. The van der Waals surface area contributed by atoms with E-state index in [0.717, 1.165) is 19.6 Å². The quantitative estimate of drug-likeness (QED) is 0.367. The van der Waals surface area contributed by atoms with Gasteiger partial charge in [0.05, 0.1) is 19.2 Å². The van der Waals surface area contributed by atoms with E-state index in [9.17, 15) is 28.4 Å². The minimum absolute atomic E-state index is 0.0222. The molecule has 2 aromatic rings. The number of nitrogens with one attached hydrogen (secondary N) is 2. The van der Waals surface area contributed by atoms with Gasteiger partial charge in [-0.3, -0.25) is 29.4 Å². The van der Waals surface area contributed by atoms with Gasteiger partial charge in [-0.15, -0.1) is 0 Å². The summed E-state index contributed by atoms with van der Waals surface area (Å²) in [7, 11) is 1.30. The Morgan fingerprint density at radius 1 is 1.07 bits per heavy atom. The lowest BCUT2D eigenvalue weighted by Crippen LogP contribution is -2.54. The van der Waals surface area contributed by atoms with Crippen LogP contribution in [-0.2, 0) is 20.9 Å². The SMILES string of the molecule is CCN1CCN(C(=O)C2CCC(=O)N2c2ccc(C#C[C@]3(CN4Cc5ccc(OC)c(F)c5C4=O)NC(=O)NC3=O)cc2)CC1. The van der Waals surface area contributed by atoms with E-state index >= 15 is 0 Å². The number of likely N-dealkylation sites (N-methyl/N-ethyl adjacent to an activating group) is 1. The molecule has 0 radical (unpaired) electrons. The van der Waals surface area contributed by atoms with E-state index in [1.54, 1.807) is 35.2 Å². The Bertz CT molecular complexity index is 1640. The summed E-state index contributed by atoms with van der Waals surface area (Å²) in [6.45, 7) is 5.60. The lowest BCUT2D eigenvalue weighted by molar-refractivity contribution is -0.134. The molecule has 2 aromatic carbocycles. The Balaban J connectivity index is 1.20. The molecule has 45 heavy (non-hydrogen) atoms. The summed E-state index contributed by atoms with van der Waals surface area (Å²) in [5.41, 5.74) is -0.456. The monoisotopic (exact) mass is 616 g/mol. The third-order valence-corrected chi connectivity index (χ3v) is 8.84. The van der Waals surface area contributed by atoms with E-state index in [1.165, 1.54) is 18.1 Å². The number of fused-ring (bicyclic) bond motifs is 1. The zero-order chi connectivity index (χ0) is 31.9. The van der Waals surface area contributed by atoms with Crippen LogP contribution in [0.3, 0.4) is 0 Å². The van der Waals surface area contributed by atoms with Gasteiger partial charge < -0.3 is 24.8 Å². The Labute approximate surface area is 259 Å². The normalized spacial score (nSPS) is 23.1. The Morgan fingerprint density at radius 3 is 2.44 bits per heavy atom. The van der Waals surface area contributed by atoms with E-state index in [1.807, 2.05) is 4.90 Å². The molecule has 0 spiro atoms. The molecule has 0 saturated carbocycles.